The molecule has 0 aromatic heterocycles. The molecule has 7 heteroatoms. The van der Waals surface area contributed by atoms with Crippen LogP contribution in [0, 0.1) is 6.92 Å². The first-order valence-electron chi connectivity index (χ1n) is 9.70. The molecule has 7 nitrogen and oxygen atoms in total. The first-order valence-corrected chi connectivity index (χ1v) is 9.70. The van der Waals surface area contributed by atoms with Gasteiger partial charge in [-0.05, 0) is 61.0 Å². The predicted octanol–water partition coefficient (Wildman–Crippen LogP) is 3.56. The number of methoxy groups -OCH3 is 1. The van der Waals surface area contributed by atoms with Crippen molar-refractivity contribution in [2.45, 2.75) is 13.3 Å². The normalized spacial score (nSPS) is 10.1. The molecule has 0 bridgehead atoms. The summed E-state index contributed by atoms with van der Waals surface area (Å²) in [5.41, 5.74) is 6.66. The van der Waals surface area contributed by atoms with Crippen molar-refractivity contribution in [1.82, 2.24) is 10.9 Å². The second kappa shape index (κ2) is 10.7. The fraction of sp³-hybridized carbons (Fsp3) is 0.167. The Morgan fingerprint density at radius 3 is 1.84 bits per heavy atom. The molecule has 3 aromatic rings. The van der Waals surface area contributed by atoms with Crippen molar-refractivity contribution in [3.63, 3.8) is 0 Å². The van der Waals surface area contributed by atoms with Crippen LogP contribution in [-0.4, -0.2) is 25.5 Å². The minimum Gasteiger partial charge on any atom is -0.497 e. The summed E-state index contributed by atoms with van der Waals surface area (Å²) in [6, 6.07) is 21.8. The molecule has 0 saturated carbocycles. The van der Waals surface area contributed by atoms with E-state index in [0.29, 0.717) is 17.2 Å². The van der Waals surface area contributed by atoms with E-state index < -0.39 is 5.91 Å². The molecule has 0 spiro atoms. The van der Waals surface area contributed by atoms with Crippen molar-refractivity contribution in [2.24, 2.45) is 0 Å². The Kier molecular flexibility index (Phi) is 7.48. The zero-order valence-electron chi connectivity index (χ0n) is 17.4. The number of hydrogen-bond acceptors (Lipinski definition) is 5. The van der Waals surface area contributed by atoms with E-state index in [1.54, 1.807) is 55.6 Å². The van der Waals surface area contributed by atoms with E-state index in [-0.39, 0.29) is 18.9 Å². The Bertz CT molecular complexity index is 1000. The van der Waals surface area contributed by atoms with Crippen LogP contribution in [0.1, 0.15) is 11.1 Å². The summed E-state index contributed by atoms with van der Waals surface area (Å²) in [4.78, 5) is 23.8. The van der Waals surface area contributed by atoms with Crippen molar-refractivity contribution < 1.29 is 23.8 Å². The number of benzene rings is 3. The number of carbonyl (C=O) groups excluding carboxylic acids is 2. The number of amides is 2. The lowest BCUT2D eigenvalue weighted by Gasteiger charge is -2.10. The molecule has 0 aliphatic carbocycles. The fourth-order valence-corrected chi connectivity index (χ4v) is 2.64. The molecule has 0 fully saturated rings. The summed E-state index contributed by atoms with van der Waals surface area (Å²) in [5, 5.41) is 0. The van der Waals surface area contributed by atoms with Gasteiger partial charge in [0.05, 0.1) is 13.5 Å². The largest absolute Gasteiger partial charge is 0.497 e. The van der Waals surface area contributed by atoms with E-state index in [1.807, 2.05) is 31.2 Å². The minimum atomic E-state index is -0.469. The van der Waals surface area contributed by atoms with Gasteiger partial charge in [0.2, 0.25) is 5.91 Å². The minimum absolute atomic E-state index is 0.133. The van der Waals surface area contributed by atoms with Crippen LogP contribution in [0.15, 0.2) is 72.8 Å². The van der Waals surface area contributed by atoms with Crippen molar-refractivity contribution >= 4 is 11.8 Å². The number of nitrogens with one attached hydrogen (secondary N) is 2. The third-order valence-corrected chi connectivity index (χ3v) is 4.32. The van der Waals surface area contributed by atoms with Crippen LogP contribution in [0.25, 0.3) is 0 Å². The van der Waals surface area contributed by atoms with Gasteiger partial charge < -0.3 is 14.2 Å². The molecule has 0 saturated heterocycles. The Morgan fingerprint density at radius 1 is 0.710 bits per heavy atom. The summed E-state index contributed by atoms with van der Waals surface area (Å²) in [6.45, 7) is 1.78. The smallest absolute Gasteiger partial charge is 0.276 e. The second-order valence-electron chi connectivity index (χ2n) is 6.80. The van der Waals surface area contributed by atoms with Gasteiger partial charge in [-0.25, -0.2) is 0 Å². The Balaban J connectivity index is 1.38. The number of rotatable bonds is 8. The van der Waals surface area contributed by atoms with Gasteiger partial charge in [-0.2, -0.15) is 0 Å². The number of carbonyl (C=O) groups is 2. The summed E-state index contributed by atoms with van der Waals surface area (Å²) in [5.74, 6) is 1.81. The number of hydrazine groups is 1. The van der Waals surface area contributed by atoms with E-state index >= 15 is 0 Å². The zero-order valence-corrected chi connectivity index (χ0v) is 17.4. The Labute approximate surface area is 180 Å². The molecular weight excluding hydrogens is 396 g/mol. The lowest BCUT2D eigenvalue weighted by Crippen LogP contribution is -2.44. The summed E-state index contributed by atoms with van der Waals surface area (Å²) in [6.07, 6.45) is 0.133. The molecule has 2 amide bonds. The summed E-state index contributed by atoms with van der Waals surface area (Å²) < 4.78 is 16.3. The number of hydrogen-bond donors (Lipinski definition) is 2. The van der Waals surface area contributed by atoms with E-state index in [9.17, 15) is 9.59 Å². The highest BCUT2D eigenvalue weighted by Gasteiger charge is 2.07. The average Bonchev–Trinajstić information content (AvgIpc) is 2.79. The standard InChI is InChI=1S/C24H24N2O5/c1-17-3-7-21(8-4-17)31-22-13-11-20(12-14-22)30-16-24(28)26-25-23(27)15-18-5-9-19(29-2)10-6-18/h3-14H,15-16H2,1-2H3,(H,25,27)(H,26,28). The summed E-state index contributed by atoms with van der Waals surface area (Å²) >= 11 is 0. The highest BCUT2D eigenvalue weighted by atomic mass is 16.5. The molecule has 2 N–H and O–H groups in total. The van der Waals surface area contributed by atoms with E-state index in [4.69, 9.17) is 14.2 Å². The SMILES string of the molecule is COc1ccc(CC(=O)NNC(=O)COc2ccc(Oc3ccc(C)cc3)cc2)cc1. The lowest BCUT2D eigenvalue weighted by molar-refractivity contribution is -0.129. The van der Waals surface area contributed by atoms with Crippen LogP contribution in [-0.2, 0) is 16.0 Å². The van der Waals surface area contributed by atoms with Crippen LogP contribution >= 0.6 is 0 Å². The maximum atomic E-state index is 11.9. The molecular formula is C24H24N2O5. The second-order valence-corrected chi connectivity index (χ2v) is 6.80. The van der Waals surface area contributed by atoms with E-state index in [2.05, 4.69) is 10.9 Å². The third kappa shape index (κ3) is 7.08. The molecule has 0 aliphatic heterocycles. The predicted molar refractivity (Wildman–Crippen MR) is 116 cm³/mol. The maximum Gasteiger partial charge on any atom is 0.276 e. The van der Waals surface area contributed by atoms with Gasteiger partial charge in [0, 0.05) is 0 Å². The molecule has 3 aromatic carbocycles. The van der Waals surface area contributed by atoms with E-state index in [0.717, 1.165) is 16.9 Å². The van der Waals surface area contributed by atoms with Gasteiger partial charge in [0.25, 0.3) is 5.91 Å². The van der Waals surface area contributed by atoms with Crippen LogP contribution in [0.5, 0.6) is 23.0 Å². The van der Waals surface area contributed by atoms with Gasteiger partial charge in [-0.15, -0.1) is 0 Å². The quantitative estimate of drug-likeness (QED) is 0.544. The van der Waals surface area contributed by atoms with Crippen LogP contribution in [0.3, 0.4) is 0 Å². The molecule has 3 rings (SSSR count). The Morgan fingerprint density at radius 2 is 1.23 bits per heavy atom. The van der Waals surface area contributed by atoms with Crippen LogP contribution < -0.4 is 25.1 Å². The van der Waals surface area contributed by atoms with Crippen molar-refractivity contribution in [3.8, 4) is 23.0 Å². The highest BCUT2D eigenvalue weighted by Crippen LogP contribution is 2.24. The molecule has 0 radical (unpaired) electrons. The average molecular weight is 420 g/mol. The lowest BCUT2D eigenvalue weighted by atomic mass is 10.1. The van der Waals surface area contributed by atoms with Crippen LogP contribution in [0.2, 0.25) is 0 Å². The van der Waals surface area contributed by atoms with Gasteiger partial charge >= 0.3 is 0 Å². The first kappa shape index (κ1) is 21.7. The molecule has 0 aliphatic rings. The van der Waals surface area contributed by atoms with E-state index in [1.165, 1.54) is 0 Å². The van der Waals surface area contributed by atoms with Gasteiger partial charge in [-0.3, -0.25) is 20.4 Å². The van der Waals surface area contributed by atoms with Crippen molar-refractivity contribution in [1.29, 1.82) is 0 Å². The van der Waals surface area contributed by atoms with Crippen molar-refractivity contribution in [2.75, 3.05) is 13.7 Å². The highest BCUT2D eigenvalue weighted by molar-refractivity contribution is 5.83. The van der Waals surface area contributed by atoms with Gasteiger partial charge in [0.15, 0.2) is 6.61 Å². The maximum absolute atomic E-state index is 11.9. The first-order chi connectivity index (χ1) is 15.0. The molecule has 31 heavy (non-hydrogen) atoms. The topological polar surface area (TPSA) is 85.9 Å². The van der Waals surface area contributed by atoms with Crippen LogP contribution in [0.4, 0.5) is 0 Å². The molecule has 160 valence electrons. The van der Waals surface area contributed by atoms with Gasteiger partial charge in [-0.1, -0.05) is 29.8 Å². The monoisotopic (exact) mass is 420 g/mol. The summed E-state index contributed by atoms with van der Waals surface area (Å²) in [7, 11) is 1.58. The van der Waals surface area contributed by atoms with Gasteiger partial charge in [0.1, 0.15) is 23.0 Å². The molecule has 0 heterocycles. The zero-order chi connectivity index (χ0) is 22.1. The molecule has 0 unspecified atom stereocenters. The van der Waals surface area contributed by atoms with Crippen molar-refractivity contribution in [3.05, 3.63) is 83.9 Å². The number of ether oxygens (including phenoxy) is 3. The molecule has 0 atom stereocenters. The Hall–Kier alpha value is -4.00. The number of aryl methyl sites for hydroxylation is 1. The fourth-order valence-electron chi connectivity index (χ4n) is 2.64. The third-order valence-electron chi connectivity index (χ3n) is 4.32.